The van der Waals surface area contributed by atoms with Crippen molar-refractivity contribution >= 4 is 27.7 Å². The van der Waals surface area contributed by atoms with Gasteiger partial charge in [-0.1, -0.05) is 11.3 Å². The number of rotatable bonds is 2. The maximum Gasteiger partial charge on any atom is 0.405 e. The van der Waals surface area contributed by atoms with Gasteiger partial charge in [-0.05, 0) is 19.8 Å². The van der Waals surface area contributed by atoms with E-state index in [1.165, 1.54) is 11.3 Å². The van der Waals surface area contributed by atoms with E-state index in [4.69, 9.17) is 10.8 Å². The lowest BCUT2D eigenvalue weighted by Crippen LogP contribution is -2.53. The van der Waals surface area contributed by atoms with Gasteiger partial charge in [0.2, 0.25) is 10.3 Å². The average Bonchev–Trinajstić information content (AvgIpc) is 2.64. The molecule has 0 atom stereocenters. The lowest BCUT2D eigenvalue weighted by atomic mass is 9.90. The lowest BCUT2D eigenvalue weighted by Gasteiger charge is -2.38. The van der Waals surface area contributed by atoms with Crippen LogP contribution in [0.2, 0.25) is 0 Å². The number of carboxylic acid groups (broad SMARTS) is 1. The minimum absolute atomic E-state index is 0.349. The number of nitrogen functional groups attached to an aromatic ring is 1. The van der Waals surface area contributed by atoms with E-state index in [9.17, 15) is 4.79 Å². The number of amides is 1. The van der Waals surface area contributed by atoms with Gasteiger partial charge >= 0.3 is 6.09 Å². The molecule has 0 aromatic carbocycles. The first-order valence-electron chi connectivity index (χ1n) is 5.34. The number of nitrogens with two attached hydrogens (primary N) is 1. The zero-order chi connectivity index (χ0) is 12.5. The van der Waals surface area contributed by atoms with E-state index in [1.54, 1.807) is 0 Å². The molecule has 2 heterocycles. The zero-order valence-electron chi connectivity index (χ0n) is 9.51. The average molecular weight is 257 g/mol. The van der Waals surface area contributed by atoms with Crippen LogP contribution in [0.1, 0.15) is 19.8 Å². The summed E-state index contributed by atoms with van der Waals surface area (Å²) in [5.74, 6) is 0. The molecule has 0 spiro atoms. The van der Waals surface area contributed by atoms with Crippen LogP contribution in [-0.2, 0) is 0 Å². The third-order valence-electron chi connectivity index (χ3n) is 2.98. The van der Waals surface area contributed by atoms with Gasteiger partial charge in [0.25, 0.3) is 0 Å². The lowest BCUT2D eigenvalue weighted by molar-refractivity contribution is 0.173. The van der Waals surface area contributed by atoms with Crippen molar-refractivity contribution in [1.82, 2.24) is 15.5 Å². The van der Waals surface area contributed by atoms with Crippen LogP contribution >= 0.6 is 11.3 Å². The molecule has 1 amide bonds. The smallest absolute Gasteiger partial charge is 0.405 e. The molecule has 94 valence electrons. The van der Waals surface area contributed by atoms with E-state index < -0.39 is 6.09 Å². The largest absolute Gasteiger partial charge is 0.465 e. The Hall–Kier alpha value is -1.57. The van der Waals surface area contributed by atoms with Gasteiger partial charge < -0.3 is 21.1 Å². The van der Waals surface area contributed by atoms with Gasteiger partial charge in [-0.15, -0.1) is 10.2 Å². The number of anilines is 2. The Morgan fingerprint density at radius 1 is 1.53 bits per heavy atom. The highest BCUT2D eigenvalue weighted by Crippen LogP contribution is 2.28. The van der Waals surface area contributed by atoms with E-state index in [1.807, 2.05) is 6.92 Å². The monoisotopic (exact) mass is 257 g/mol. The van der Waals surface area contributed by atoms with Crippen LogP contribution in [0.3, 0.4) is 0 Å². The van der Waals surface area contributed by atoms with Gasteiger partial charge in [0.1, 0.15) is 0 Å². The first-order valence-corrected chi connectivity index (χ1v) is 6.15. The van der Waals surface area contributed by atoms with Crippen LogP contribution in [-0.4, -0.2) is 40.0 Å². The molecule has 7 nitrogen and oxygen atoms in total. The van der Waals surface area contributed by atoms with Crippen molar-refractivity contribution in [1.29, 1.82) is 0 Å². The SMILES string of the molecule is CC1(NC(=O)O)CCN(c2nnc(N)s2)CC1. The summed E-state index contributed by atoms with van der Waals surface area (Å²) in [6.07, 6.45) is 0.526. The van der Waals surface area contributed by atoms with Gasteiger partial charge in [0.15, 0.2) is 0 Å². The molecule has 1 aliphatic heterocycles. The van der Waals surface area contributed by atoms with Crippen LogP contribution < -0.4 is 16.0 Å². The Kier molecular flexibility index (Phi) is 3.05. The molecule has 2 rings (SSSR count). The molecule has 0 aliphatic carbocycles. The van der Waals surface area contributed by atoms with E-state index in [2.05, 4.69) is 20.4 Å². The molecule has 4 N–H and O–H groups in total. The molecular weight excluding hydrogens is 242 g/mol. The Morgan fingerprint density at radius 3 is 2.65 bits per heavy atom. The number of aromatic nitrogens is 2. The minimum Gasteiger partial charge on any atom is -0.465 e. The molecule has 0 saturated carbocycles. The maximum absolute atomic E-state index is 10.7. The molecule has 0 unspecified atom stereocenters. The second-order valence-corrected chi connectivity index (χ2v) is 5.39. The van der Waals surface area contributed by atoms with Crippen LogP contribution in [0.25, 0.3) is 0 Å². The second kappa shape index (κ2) is 4.36. The summed E-state index contributed by atoms with van der Waals surface area (Å²) in [6, 6.07) is 0. The molecule has 1 fully saturated rings. The summed E-state index contributed by atoms with van der Waals surface area (Å²) < 4.78 is 0. The third-order valence-corrected chi connectivity index (χ3v) is 3.79. The first-order chi connectivity index (χ1) is 7.98. The fourth-order valence-corrected chi connectivity index (χ4v) is 2.59. The van der Waals surface area contributed by atoms with Crippen molar-refractivity contribution in [3.8, 4) is 0 Å². The maximum atomic E-state index is 10.7. The molecule has 17 heavy (non-hydrogen) atoms. The number of carbonyl (C=O) groups is 1. The molecule has 1 aromatic rings. The molecule has 0 bridgehead atoms. The summed E-state index contributed by atoms with van der Waals surface area (Å²) >= 11 is 1.35. The van der Waals surface area contributed by atoms with Gasteiger partial charge in [-0.3, -0.25) is 0 Å². The van der Waals surface area contributed by atoms with Crippen molar-refractivity contribution in [2.24, 2.45) is 0 Å². The van der Waals surface area contributed by atoms with Crippen LogP contribution in [0, 0.1) is 0 Å². The number of piperidine rings is 1. The molecule has 1 aromatic heterocycles. The van der Waals surface area contributed by atoms with Crippen LogP contribution in [0.4, 0.5) is 15.1 Å². The van der Waals surface area contributed by atoms with E-state index in [-0.39, 0.29) is 5.54 Å². The highest BCUT2D eigenvalue weighted by Gasteiger charge is 2.32. The van der Waals surface area contributed by atoms with Gasteiger partial charge in [-0.25, -0.2) is 4.79 Å². The highest BCUT2D eigenvalue weighted by molar-refractivity contribution is 7.18. The predicted octanol–water partition coefficient (Wildman–Crippen LogP) is 0.747. The fourth-order valence-electron chi connectivity index (χ4n) is 1.93. The van der Waals surface area contributed by atoms with Crippen LogP contribution in [0.15, 0.2) is 0 Å². The molecule has 1 aliphatic rings. The number of nitrogens with one attached hydrogen (secondary N) is 1. The minimum atomic E-state index is -0.971. The number of nitrogens with zero attached hydrogens (tertiary/aromatic N) is 3. The summed E-state index contributed by atoms with van der Waals surface area (Å²) in [5, 5.41) is 20.3. The number of hydrogen-bond acceptors (Lipinski definition) is 6. The Bertz CT molecular complexity index is 413. The van der Waals surface area contributed by atoms with Crippen molar-refractivity contribution in [2.75, 3.05) is 23.7 Å². The molecule has 1 saturated heterocycles. The molecular formula is C9H15N5O2S. The van der Waals surface area contributed by atoms with Crippen molar-refractivity contribution in [2.45, 2.75) is 25.3 Å². The summed E-state index contributed by atoms with van der Waals surface area (Å²) in [6.45, 7) is 3.43. The molecule has 8 heteroatoms. The Morgan fingerprint density at radius 2 is 2.18 bits per heavy atom. The van der Waals surface area contributed by atoms with Crippen molar-refractivity contribution in [3.63, 3.8) is 0 Å². The first kappa shape index (κ1) is 11.9. The number of hydrogen-bond donors (Lipinski definition) is 3. The Labute approximate surface area is 103 Å². The zero-order valence-corrected chi connectivity index (χ0v) is 10.3. The van der Waals surface area contributed by atoms with E-state index >= 15 is 0 Å². The summed E-state index contributed by atoms with van der Waals surface area (Å²) in [4.78, 5) is 12.7. The topological polar surface area (TPSA) is 104 Å². The van der Waals surface area contributed by atoms with Gasteiger partial charge in [0.05, 0.1) is 0 Å². The van der Waals surface area contributed by atoms with Crippen molar-refractivity contribution in [3.05, 3.63) is 0 Å². The van der Waals surface area contributed by atoms with E-state index in [0.717, 1.165) is 31.1 Å². The summed E-state index contributed by atoms with van der Waals surface area (Å²) in [7, 11) is 0. The predicted molar refractivity (Wildman–Crippen MR) is 65.3 cm³/mol. The second-order valence-electron chi connectivity index (χ2n) is 4.40. The van der Waals surface area contributed by atoms with E-state index in [0.29, 0.717) is 5.13 Å². The highest BCUT2D eigenvalue weighted by atomic mass is 32.1. The normalized spacial score (nSPS) is 19.0. The van der Waals surface area contributed by atoms with Gasteiger partial charge in [-0.2, -0.15) is 0 Å². The quantitative estimate of drug-likeness (QED) is 0.722. The Balaban J connectivity index is 1.96. The molecule has 0 radical (unpaired) electrons. The third kappa shape index (κ3) is 2.76. The fraction of sp³-hybridized carbons (Fsp3) is 0.667. The van der Waals surface area contributed by atoms with Crippen LogP contribution in [0.5, 0.6) is 0 Å². The van der Waals surface area contributed by atoms with Gasteiger partial charge in [0, 0.05) is 18.6 Å². The summed E-state index contributed by atoms with van der Waals surface area (Å²) in [5.41, 5.74) is 5.18. The standard InChI is InChI=1S/C9H15N5O2S/c1-9(11-8(15)16)2-4-14(5-3-9)7-13-12-6(10)17-7/h11H,2-5H2,1H3,(H2,10,12)(H,15,16). The van der Waals surface area contributed by atoms with Crippen molar-refractivity contribution < 1.29 is 9.90 Å².